The van der Waals surface area contributed by atoms with E-state index in [1.807, 2.05) is 38.1 Å². The van der Waals surface area contributed by atoms with Crippen LogP contribution in [0.15, 0.2) is 29.1 Å². The number of aryl methyl sites for hydroxylation is 2. The second kappa shape index (κ2) is 7.49. The van der Waals surface area contributed by atoms with Crippen LogP contribution in [0.5, 0.6) is 5.75 Å². The van der Waals surface area contributed by atoms with Gasteiger partial charge < -0.3 is 9.72 Å². The predicted molar refractivity (Wildman–Crippen MR) is 113 cm³/mol. The molecule has 0 aliphatic heterocycles. The molecule has 0 atom stereocenters. The Hall–Kier alpha value is -2.11. The number of thiophene rings is 1. The van der Waals surface area contributed by atoms with Gasteiger partial charge in [-0.25, -0.2) is 4.98 Å². The van der Waals surface area contributed by atoms with Crippen molar-refractivity contribution in [1.29, 1.82) is 0 Å². The maximum absolute atomic E-state index is 12.6. The Morgan fingerprint density at radius 1 is 1.26 bits per heavy atom. The lowest BCUT2D eigenvalue weighted by atomic mass is 9.97. The molecule has 0 radical (unpaired) electrons. The monoisotopic (exact) mass is 400 g/mol. The summed E-state index contributed by atoms with van der Waals surface area (Å²) in [6.45, 7) is 3.98. The zero-order valence-electron chi connectivity index (χ0n) is 15.3. The van der Waals surface area contributed by atoms with Crippen molar-refractivity contribution in [3.05, 3.63) is 56.4 Å². The third kappa shape index (κ3) is 3.80. The molecule has 1 aliphatic carbocycles. The van der Waals surface area contributed by atoms with Crippen molar-refractivity contribution >= 4 is 44.3 Å². The van der Waals surface area contributed by atoms with Crippen LogP contribution in [-0.4, -0.2) is 16.1 Å². The minimum Gasteiger partial charge on any atom is -0.491 e. The molecule has 3 aromatic rings. The lowest BCUT2D eigenvalue weighted by Crippen LogP contribution is -2.12. The largest absolute Gasteiger partial charge is 0.491 e. The number of halogens is 1. The summed E-state index contributed by atoms with van der Waals surface area (Å²) in [7, 11) is 0. The number of ether oxygens (including phenoxy) is 1. The lowest BCUT2D eigenvalue weighted by molar-refractivity contribution is 0.242. The summed E-state index contributed by atoms with van der Waals surface area (Å²) >= 11 is 8.09. The van der Waals surface area contributed by atoms with Crippen molar-refractivity contribution in [2.24, 2.45) is 0 Å². The van der Waals surface area contributed by atoms with Gasteiger partial charge in [-0.3, -0.25) is 4.79 Å². The third-order valence-corrected chi connectivity index (χ3v) is 6.07. The van der Waals surface area contributed by atoms with Gasteiger partial charge in [-0.05, 0) is 68.9 Å². The van der Waals surface area contributed by atoms with Crippen LogP contribution in [0.2, 0.25) is 0 Å². The van der Waals surface area contributed by atoms with Crippen LogP contribution < -0.4 is 10.3 Å². The first-order chi connectivity index (χ1) is 13.0. The summed E-state index contributed by atoms with van der Waals surface area (Å²) < 4.78 is 5.65. The molecule has 0 amide bonds. The third-order valence-electron chi connectivity index (χ3n) is 4.60. The summed E-state index contributed by atoms with van der Waals surface area (Å²) in [5, 5.41) is 1.16. The van der Waals surface area contributed by atoms with E-state index in [0.29, 0.717) is 10.9 Å². The Morgan fingerprint density at radius 2 is 2.00 bits per heavy atom. The number of hydrogen-bond acceptors (Lipinski definition) is 4. The van der Waals surface area contributed by atoms with E-state index in [4.69, 9.17) is 16.3 Å². The van der Waals surface area contributed by atoms with E-state index >= 15 is 0 Å². The van der Waals surface area contributed by atoms with E-state index < -0.39 is 0 Å². The van der Waals surface area contributed by atoms with Crippen LogP contribution in [0, 0.1) is 0 Å². The average Bonchev–Trinajstić information content (AvgIpc) is 3.01. The Bertz CT molecular complexity index is 1060. The molecule has 140 valence electrons. The molecule has 0 saturated carbocycles. The SMILES string of the molecule is CC(C)Oc1ccc(/C=C(\Cl)c2nc3sc4c(c3c(=O)[nH]2)CCCC4)cc1. The predicted octanol–water partition coefficient (Wildman–Crippen LogP) is 5.39. The highest BCUT2D eigenvalue weighted by Gasteiger charge is 2.20. The molecule has 0 fully saturated rings. The molecule has 1 aliphatic rings. The molecule has 0 unspecified atom stereocenters. The van der Waals surface area contributed by atoms with Gasteiger partial charge in [-0.15, -0.1) is 11.3 Å². The molecule has 27 heavy (non-hydrogen) atoms. The van der Waals surface area contributed by atoms with Crippen molar-refractivity contribution in [3.63, 3.8) is 0 Å². The molecule has 1 aromatic carbocycles. The summed E-state index contributed by atoms with van der Waals surface area (Å²) in [6, 6.07) is 7.67. The van der Waals surface area contributed by atoms with Crippen molar-refractivity contribution in [1.82, 2.24) is 9.97 Å². The average molecular weight is 401 g/mol. The second-order valence-electron chi connectivity index (χ2n) is 7.03. The zero-order chi connectivity index (χ0) is 19.0. The Morgan fingerprint density at radius 3 is 2.74 bits per heavy atom. The molecule has 0 saturated heterocycles. The van der Waals surface area contributed by atoms with Crippen molar-refractivity contribution in [3.8, 4) is 5.75 Å². The van der Waals surface area contributed by atoms with Gasteiger partial charge in [-0.2, -0.15) is 0 Å². The summed E-state index contributed by atoms with van der Waals surface area (Å²) in [4.78, 5) is 22.2. The van der Waals surface area contributed by atoms with Gasteiger partial charge in [0, 0.05) is 4.88 Å². The van der Waals surface area contributed by atoms with Crippen molar-refractivity contribution in [2.45, 2.75) is 45.6 Å². The number of aromatic nitrogens is 2. The van der Waals surface area contributed by atoms with Gasteiger partial charge >= 0.3 is 0 Å². The van der Waals surface area contributed by atoms with Crippen LogP contribution in [0.3, 0.4) is 0 Å². The van der Waals surface area contributed by atoms with Gasteiger partial charge in [0.1, 0.15) is 10.6 Å². The number of nitrogens with zero attached hydrogens (tertiary/aromatic N) is 1. The standard InChI is InChI=1S/C21H21ClN2O2S/c1-12(2)26-14-9-7-13(8-10-14)11-16(22)19-23-20(25)18-15-5-3-4-6-17(15)27-21(18)24-19/h7-12H,3-6H2,1-2H3,(H,23,24,25)/b16-11-. The fraction of sp³-hybridized carbons (Fsp3) is 0.333. The Kier molecular flexibility index (Phi) is 5.06. The first kappa shape index (κ1) is 18.3. The molecular formula is C21H21ClN2O2S. The zero-order valence-corrected chi connectivity index (χ0v) is 16.9. The lowest BCUT2D eigenvalue weighted by Gasteiger charge is -2.09. The van der Waals surface area contributed by atoms with E-state index in [0.717, 1.165) is 40.8 Å². The van der Waals surface area contributed by atoms with Crippen LogP contribution in [0.4, 0.5) is 0 Å². The summed E-state index contributed by atoms with van der Waals surface area (Å²) in [5.41, 5.74) is 2.01. The van der Waals surface area contributed by atoms with E-state index in [9.17, 15) is 4.79 Å². The van der Waals surface area contributed by atoms with Gasteiger partial charge in [0.15, 0.2) is 5.82 Å². The van der Waals surface area contributed by atoms with Crippen LogP contribution >= 0.6 is 22.9 Å². The molecule has 6 heteroatoms. The summed E-state index contributed by atoms with van der Waals surface area (Å²) in [5.74, 6) is 1.23. The molecule has 2 heterocycles. The van der Waals surface area contributed by atoms with E-state index in [1.165, 1.54) is 16.9 Å². The molecule has 4 nitrogen and oxygen atoms in total. The minimum atomic E-state index is -0.0957. The number of nitrogens with one attached hydrogen (secondary N) is 1. The Balaban J connectivity index is 1.67. The minimum absolute atomic E-state index is 0.0957. The fourth-order valence-corrected chi connectivity index (χ4v) is 4.88. The second-order valence-corrected chi connectivity index (χ2v) is 8.52. The topological polar surface area (TPSA) is 55.0 Å². The molecule has 0 spiro atoms. The maximum Gasteiger partial charge on any atom is 0.260 e. The quantitative estimate of drug-likeness (QED) is 0.638. The van der Waals surface area contributed by atoms with Crippen molar-refractivity contribution < 1.29 is 4.74 Å². The van der Waals surface area contributed by atoms with E-state index in [2.05, 4.69) is 9.97 Å². The fourth-order valence-electron chi connectivity index (χ4n) is 3.41. The highest BCUT2D eigenvalue weighted by atomic mass is 35.5. The van der Waals surface area contributed by atoms with Gasteiger partial charge in [0.05, 0.1) is 16.5 Å². The van der Waals surface area contributed by atoms with Crippen LogP contribution in [-0.2, 0) is 12.8 Å². The summed E-state index contributed by atoms with van der Waals surface area (Å²) in [6.07, 6.45) is 6.26. The smallest absolute Gasteiger partial charge is 0.260 e. The molecule has 1 N–H and O–H groups in total. The highest BCUT2D eigenvalue weighted by Crippen LogP contribution is 2.34. The number of fused-ring (bicyclic) bond motifs is 3. The number of hydrogen-bond donors (Lipinski definition) is 1. The van der Waals surface area contributed by atoms with Gasteiger partial charge in [-0.1, -0.05) is 23.7 Å². The number of H-pyrrole nitrogens is 1. The van der Waals surface area contributed by atoms with Crippen molar-refractivity contribution in [2.75, 3.05) is 0 Å². The maximum atomic E-state index is 12.6. The first-order valence-corrected chi connectivity index (χ1v) is 10.4. The highest BCUT2D eigenvalue weighted by molar-refractivity contribution is 7.18. The molecular weight excluding hydrogens is 380 g/mol. The Labute approximate surface area is 166 Å². The van der Waals surface area contributed by atoms with Crippen LogP contribution in [0.1, 0.15) is 48.5 Å². The number of aromatic amines is 1. The van der Waals surface area contributed by atoms with E-state index in [1.54, 1.807) is 17.4 Å². The first-order valence-electron chi connectivity index (χ1n) is 9.20. The van der Waals surface area contributed by atoms with Crippen LogP contribution in [0.25, 0.3) is 21.3 Å². The molecule has 2 aromatic heterocycles. The normalized spacial score (nSPS) is 14.6. The number of rotatable bonds is 4. The number of benzene rings is 1. The van der Waals surface area contributed by atoms with Gasteiger partial charge in [0.25, 0.3) is 5.56 Å². The molecule has 0 bridgehead atoms. The van der Waals surface area contributed by atoms with E-state index in [-0.39, 0.29) is 11.7 Å². The van der Waals surface area contributed by atoms with Gasteiger partial charge in [0.2, 0.25) is 0 Å². The molecule has 4 rings (SSSR count).